The molecule has 3 aromatic rings. The monoisotopic (exact) mass is 275 g/mol. The molecule has 0 radical (unpaired) electrons. The molecule has 0 saturated heterocycles. The molecule has 4 heteroatoms. The number of hydrogen-bond donors (Lipinski definition) is 0. The molecule has 19 heavy (non-hydrogen) atoms. The molecule has 0 aliphatic carbocycles. The van der Waals surface area contributed by atoms with Crippen molar-refractivity contribution >= 4 is 22.7 Å². The van der Waals surface area contributed by atoms with E-state index in [0.717, 1.165) is 11.1 Å². The average molecular weight is 276 g/mol. The lowest BCUT2D eigenvalue weighted by molar-refractivity contribution is 0.519. The fourth-order valence-electron chi connectivity index (χ4n) is 2.00. The normalized spacial score (nSPS) is 12.7. The number of para-hydroxylation sites is 2. The summed E-state index contributed by atoms with van der Waals surface area (Å²) < 4.78 is 19.2. The molecule has 0 saturated carbocycles. The molecular weight excluding hydrogens is 265 g/mol. The first-order valence-electron chi connectivity index (χ1n) is 5.97. The van der Waals surface area contributed by atoms with Crippen molar-refractivity contribution < 1.29 is 8.81 Å². The number of oxazole rings is 1. The van der Waals surface area contributed by atoms with Crippen LogP contribution in [0.1, 0.15) is 16.8 Å². The Kier molecular flexibility index (Phi) is 3.22. The van der Waals surface area contributed by atoms with E-state index in [1.54, 1.807) is 18.2 Å². The predicted octanol–water partition coefficient (Wildman–Crippen LogP) is 4.49. The van der Waals surface area contributed by atoms with Gasteiger partial charge in [0, 0.05) is 12.0 Å². The zero-order chi connectivity index (χ0) is 13.2. The number of alkyl halides is 1. The van der Waals surface area contributed by atoms with Gasteiger partial charge in [-0.05, 0) is 18.2 Å². The topological polar surface area (TPSA) is 26.0 Å². The van der Waals surface area contributed by atoms with Crippen LogP contribution in [0.25, 0.3) is 11.1 Å². The average Bonchev–Trinajstić information content (AvgIpc) is 2.81. The number of hydrogen-bond acceptors (Lipinski definition) is 2. The van der Waals surface area contributed by atoms with Crippen LogP contribution in [-0.4, -0.2) is 4.98 Å². The summed E-state index contributed by atoms with van der Waals surface area (Å²) in [6.45, 7) is 0. The van der Waals surface area contributed by atoms with Crippen LogP contribution in [0.4, 0.5) is 4.39 Å². The first kappa shape index (κ1) is 12.2. The van der Waals surface area contributed by atoms with Gasteiger partial charge in [-0.2, -0.15) is 0 Å². The minimum atomic E-state index is -0.491. The number of fused-ring (bicyclic) bond motifs is 1. The Morgan fingerprint density at radius 1 is 1.11 bits per heavy atom. The van der Waals surface area contributed by atoms with Crippen LogP contribution in [-0.2, 0) is 6.42 Å². The van der Waals surface area contributed by atoms with Crippen LogP contribution in [0.2, 0.25) is 0 Å². The molecule has 0 amide bonds. The highest BCUT2D eigenvalue weighted by atomic mass is 35.5. The van der Waals surface area contributed by atoms with Crippen LogP contribution >= 0.6 is 11.6 Å². The fraction of sp³-hybridized carbons (Fsp3) is 0.133. The molecule has 1 unspecified atom stereocenters. The van der Waals surface area contributed by atoms with Crippen LogP contribution < -0.4 is 0 Å². The summed E-state index contributed by atoms with van der Waals surface area (Å²) in [6, 6.07) is 14.0. The van der Waals surface area contributed by atoms with Crippen molar-refractivity contribution in [3.05, 3.63) is 65.8 Å². The molecule has 0 fully saturated rings. The van der Waals surface area contributed by atoms with Crippen molar-refractivity contribution in [1.82, 2.24) is 4.98 Å². The minimum Gasteiger partial charge on any atom is -0.441 e. The molecule has 0 N–H and O–H groups in total. The van der Waals surface area contributed by atoms with Gasteiger partial charge in [-0.1, -0.05) is 30.3 Å². The Morgan fingerprint density at radius 3 is 2.63 bits per heavy atom. The van der Waals surface area contributed by atoms with E-state index in [1.807, 2.05) is 24.3 Å². The minimum absolute atomic E-state index is 0.307. The maximum Gasteiger partial charge on any atom is 0.197 e. The van der Waals surface area contributed by atoms with E-state index in [2.05, 4.69) is 4.98 Å². The summed E-state index contributed by atoms with van der Waals surface area (Å²) in [6.07, 6.45) is 0.358. The molecule has 0 bridgehead atoms. The quantitative estimate of drug-likeness (QED) is 0.658. The van der Waals surface area contributed by atoms with Crippen molar-refractivity contribution in [1.29, 1.82) is 0 Å². The lowest BCUT2D eigenvalue weighted by Gasteiger charge is -2.08. The maximum atomic E-state index is 13.6. The molecule has 1 atom stereocenters. The molecule has 2 aromatic carbocycles. The maximum absolute atomic E-state index is 13.6. The smallest absolute Gasteiger partial charge is 0.197 e. The molecular formula is C15H11ClFNO. The van der Waals surface area contributed by atoms with Crippen molar-refractivity contribution in [3.63, 3.8) is 0 Å². The number of aromatic nitrogens is 1. The lowest BCUT2D eigenvalue weighted by Crippen LogP contribution is -1.98. The Hall–Kier alpha value is -1.87. The summed E-state index contributed by atoms with van der Waals surface area (Å²) in [7, 11) is 0. The van der Waals surface area contributed by atoms with E-state index in [4.69, 9.17) is 16.0 Å². The summed E-state index contributed by atoms with van der Waals surface area (Å²) in [5.74, 6) is 0.211. The molecule has 2 nitrogen and oxygen atoms in total. The number of benzene rings is 2. The molecule has 0 spiro atoms. The Morgan fingerprint density at radius 2 is 1.84 bits per heavy atom. The van der Waals surface area contributed by atoms with Gasteiger partial charge in [0.25, 0.3) is 0 Å². The Balaban J connectivity index is 1.86. The standard InChI is InChI=1S/C15H11ClFNO/c16-11(10-5-1-2-6-12(10)17)9-15-18-13-7-3-4-8-14(13)19-15/h1-8,11H,9H2. The van der Waals surface area contributed by atoms with Gasteiger partial charge in [-0.3, -0.25) is 0 Å². The van der Waals surface area contributed by atoms with E-state index in [1.165, 1.54) is 6.07 Å². The summed E-state index contributed by atoms with van der Waals surface area (Å²) in [4.78, 5) is 4.33. The summed E-state index contributed by atoms with van der Waals surface area (Å²) in [5, 5.41) is -0.491. The van der Waals surface area contributed by atoms with Crippen LogP contribution in [0.15, 0.2) is 52.9 Å². The van der Waals surface area contributed by atoms with Gasteiger partial charge in [0.15, 0.2) is 11.5 Å². The van der Waals surface area contributed by atoms with Crippen molar-refractivity contribution in [3.8, 4) is 0 Å². The third-order valence-corrected chi connectivity index (χ3v) is 3.32. The Labute approximate surface area is 114 Å². The summed E-state index contributed by atoms with van der Waals surface area (Å²) in [5.41, 5.74) is 1.97. The van der Waals surface area contributed by atoms with E-state index >= 15 is 0 Å². The second-order valence-corrected chi connectivity index (χ2v) is 4.80. The highest BCUT2D eigenvalue weighted by Crippen LogP contribution is 2.28. The zero-order valence-electron chi connectivity index (χ0n) is 10.0. The van der Waals surface area contributed by atoms with Crippen molar-refractivity contribution in [2.45, 2.75) is 11.8 Å². The number of nitrogens with zero attached hydrogens (tertiary/aromatic N) is 1. The van der Waals surface area contributed by atoms with Gasteiger partial charge < -0.3 is 4.42 Å². The molecule has 96 valence electrons. The van der Waals surface area contributed by atoms with Gasteiger partial charge in [0.05, 0.1) is 5.38 Å². The second-order valence-electron chi connectivity index (χ2n) is 4.27. The van der Waals surface area contributed by atoms with E-state index in [0.29, 0.717) is 17.9 Å². The first-order chi connectivity index (χ1) is 9.24. The van der Waals surface area contributed by atoms with Gasteiger partial charge in [-0.15, -0.1) is 11.6 Å². The van der Waals surface area contributed by atoms with Gasteiger partial charge in [0.2, 0.25) is 0 Å². The second kappa shape index (κ2) is 5.02. The van der Waals surface area contributed by atoms with Crippen LogP contribution in [0.3, 0.4) is 0 Å². The highest BCUT2D eigenvalue weighted by molar-refractivity contribution is 6.20. The fourth-order valence-corrected chi connectivity index (χ4v) is 2.31. The molecule has 1 aromatic heterocycles. The molecule has 1 heterocycles. The van der Waals surface area contributed by atoms with Crippen molar-refractivity contribution in [2.75, 3.05) is 0 Å². The summed E-state index contributed by atoms with van der Waals surface area (Å²) >= 11 is 6.23. The van der Waals surface area contributed by atoms with E-state index in [-0.39, 0.29) is 5.82 Å². The predicted molar refractivity (Wildman–Crippen MR) is 72.7 cm³/mol. The third kappa shape index (κ3) is 2.47. The molecule has 3 rings (SSSR count). The SMILES string of the molecule is Fc1ccccc1C(Cl)Cc1nc2ccccc2o1. The zero-order valence-corrected chi connectivity index (χ0v) is 10.8. The largest absolute Gasteiger partial charge is 0.441 e. The lowest BCUT2D eigenvalue weighted by atomic mass is 10.1. The van der Waals surface area contributed by atoms with Crippen LogP contribution in [0.5, 0.6) is 0 Å². The van der Waals surface area contributed by atoms with Gasteiger partial charge in [0.1, 0.15) is 11.3 Å². The van der Waals surface area contributed by atoms with Crippen LogP contribution in [0, 0.1) is 5.82 Å². The van der Waals surface area contributed by atoms with E-state index < -0.39 is 5.38 Å². The number of rotatable bonds is 3. The van der Waals surface area contributed by atoms with Gasteiger partial charge in [-0.25, -0.2) is 9.37 Å². The number of halogens is 2. The van der Waals surface area contributed by atoms with E-state index in [9.17, 15) is 4.39 Å². The molecule has 0 aliphatic heterocycles. The highest BCUT2D eigenvalue weighted by Gasteiger charge is 2.16. The van der Waals surface area contributed by atoms with Crippen molar-refractivity contribution in [2.24, 2.45) is 0 Å². The molecule has 0 aliphatic rings. The van der Waals surface area contributed by atoms with Gasteiger partial charge >= 0.3 is 0 Å². The first-order valence-corrected chi connectivity index (χ1v) is 6.40. The third-order valence-electron chi connectivity index (χ3n) is 2.93. The Bertz CT molecular complexity index is 677.